The van der Waals surface area contributed by atoms with E-state index in [0.717, 1.165) is 5.56 Å². The minimum Gasteiger partial charge on any atom is -0.346 e. The Kier molecular flexibility index (Phi) is 5.89. The molecule has 0 fully saturated rings. The second-order valence-corrected chi connectivity index (χ2v) is 5.69. The largest absolute Gasteiger partial charge is 0.346 e. The Bertz CT molecular complexity index is 701. The van der Waals surface area contributed by atoms with Gasteiger partial charge in [-0.2, -0.15) is 0 Å². The van der Waals surface area contributed by atoms with Gasteiger partial charge in [-0.25, -0.2) is 4.79 Å². The predicted molar refractivity (Wildman–Crippen MR) is 92.5 cm³/mol. The van der Waals surface area contributed by atoms with Crippen molar-refractivity contribution in [3.05, 3.63) is 65.5 Å². The highest BCUT2D eigenvalue weighted by Gasteiger charge is 2.12. The summed E-state index contributed by atoms with van der Waals surface area (Å²) in [5.41, 5.74) is 2.19. The number of hydrogen-bond acceptors (Lipinski definition) is 3. The van der Waals surface area contributed by atoms with E-state index in [1.807, 2.05) is 37.3 Å². The van der Waals surface area contributed by atoms with Gasteiger partial charge in [0.15, 0.2) is 0 Å². The lowest BCUT2D eigenvalue weighted by Gasteiger charge is -2.15. The first kappa shape index (κ1) is 17.5. The third kappa shape index (κ3) is 4.81. The zero-order valence-electron chi connectivity index (χ0n) is 14.1. The van der Waals surface area contributed by atoms with E-state index in [4.69, 9.17) is 0 Å². The van der Waals surface area contributed by atoms with Crippen LogP contribution in [0.4, 0.5) is 4.79 Å². The molecule has 24 heavy (non-hydrogen) atoms. The van der Waals surface area contributed by atoms with Crippen molar-refractivity contribution < 1.29 is 9.59 Å². The number of urea groups is 1. The van der Waals surface area contributed by atoms with Gasteiger partial charge in [0.05, 0.1) is 18.3 Å². The number of carbonyl (C=O) groups excluding carboxylic acids is 2. The lowest BCUT2D eigenvalue weighted by atomic mass is 10.1. The van der Waals surface area contributed by atoms with E-state index in [0.29, 0.717) is 11.3 Å². The minimum atomic E-state index is -0.204. The molecule has 1 unspecified atom stereocenters. The highest BCUT2D eigenvalue weighted by Crippen LogP contribution is 2.12. The van der Waals surface area contributed by atoms with E-state index in [-0.39, 0.29) is 24.5 Å². The Morgan fingerprint density at radius 1 is 1.17 bits per heavy atom. The van der Waals surface area contributed by atoms with Crippen LogP contribution in [0.1, 0.15) is 34.6 Å². The van der Waals surface area contributed by atoms with Crippen LogP contribution in [0.25, 0.3) is 0 Å². The number of nitrogens with one attached hydrogen (secondary N) is 2. The molecule has 0 saturated heterocycles. The molecule has 0 radical (unpaired) electrons. The van der Waals surface area contributed by atoms with Gasteiger partial charge >= 0.3 is 6.03 Å². The first-order valence-corrected chi connectivity index (χ1v) is 7.73. The fraction of sp³-hybridized carbons (Fsp3) is 0.278. The van der Waals surface area contributed by atoms with Crippen LogP contribution < -0.4 is 10.6 Å². The molecule has 6 nitrogen and oxygen atoms in total. The van der Waals surface area contributed by atoms with Gasteiger partial charge in [0, 0.05) is 25.9 Å². The number of nitrogens with zero attached hydrogens (tertiary/aromatic N) is 2. The summed E-state index contributed by atoms with van der Waals surface area (Å²) in [5.74, 6) is -0.172. The molecule has 1 aromatic carbocycles. The molecule has 1 aromatic heterocycles. The molecule has 2 N–H and O–H groups in total. The third-order valence-corrected chi connectivity index (χ3v) is 3.55. The third-order valence-electron chi connectivity index (χ3n) is 3.55. The molecule has 0 aliphatic carbocycles. The Hall–Kier alpha value is -2.89. The van der Waals surface area contributed by atoms with Crippen molar-refractivity contribution in [2.45, 2.75) is 19.5 Å². The van der Waals surface area contributed by atoms with Crippen LogP contribution in [0.3, 0.4) is 0 Å². The van der Waals surface area contributed by atoms with Crippen LogP contribution in [-0.2, 0) is 6.54 Å². The maximum Gasteiger partial charge on any atom is 0.317 e. The van der Waals surface area contributed by atoms with E-state index in [9.17, 15) is 9.59 Å². The predicted octanol–water partition coefficient (Wildman–Crippen LogP) is 2.34. The van der Waals surface area contributed by atoms with E-state index >= 15 is 0 Å². The highest BCUT2D eigenvalue weighted by atomic mass is 16.2. The smallest absolute Gasteiger partial charge is 0.317 e. The molecule has 3 amide bonds. The first-order valence-electron chi connectivity index (χ1n) is 7.73. The van der Waals surface area contributed by atoms with Crippen LogP contribution >= 0.6 is 0 Å². The van der Waals surface area contributed by atoms with Gasteiger partial charge in [0.25, 0.3) is 5.91 Å². The molecule has 1 atom stereocenters. The van der Waals surface area contributed by atoms with E-state index < -0.39 is 0 Å². The van der Waals surface area contributed by atoms with E-state index in [2.05, 4.69) is 15.6 Å². The molecule has 0 saturated carbocycles. The fourth-order valence-corrected chi connectivity index (χ4v) is 2.15. The minimum absolute atomic E-state index is 0.0937. The zero-order chi connectivity index (χ0) is 17.5. The van der Waals surface area contributed by atoms with Gasteiger partial charge in [-0.15, -0.1) is 0 Å². The SMILES string of the molecule is CC(NC(=O)c1ccnc(CNC(=O)N(C)C)c1)c1ccccc1. The van der Waals surface area contributed by atoms with Crippen LogP contribution in [0.15, 0.2) is 48.7 Å². The monoisotopic (exact) mass is 326 g/mol. The van der Waals surface area contributed by atoms with Crippen LogP contribution in [0.2, 0.25) is 0 Å². The Morgan fingerprint density at radius 2 is 1.88 bits per heavy atom. The standard InChI is InChI=1S/C18H22N4O2/c1-13(14-7-5-4-6-8-14)21-17(23)15-9-10-19-16(11-15)12-20-18(24)22(2)3/h4-11,13H,12H2,1-3H3,(H,20,24)(H,21,23). The van der Waals surface area contributed by atoms with Crippen molar-refractivity contribution >= 4 is 11.9 Å². The van der Waals surface area contributed by atoms with Crippen molar-refractivity contribution in [1.82, 2.24) is 20.5 Å². The molecular weight excluding hydrogens is 304 g/mol. The summed E-state index contributed by atoms with van der Waals surface area (Å²) in [5, 5.41) is 5.68. The number of aromatic nitrogens is 1. The van der Waals surface area contributed by atoms with Crippen molar-refractivity contribution in [1.29, 1.82) is 0 Å². The summed E-state index contributed by atoms with van der Waals surface area (Å²) in [6.45, 7) is 2.21. The number of benzene rings is 1. The molecule has 1 heterocycles. The van der Waals surface area contributed by atoms with Gasteiger partial charge in [0.1, 0.15) is 0 Å². The summed E-state index contributed by atoms with van der Waals surface area (Å²) >= 11 is 0. The van der Waals surface area contributed by atoms with E-state index in [1.54, 1.807) is 32.4 Å². The summed E-state index contributed by atoms with van der Waals surface area (Å²) in [7, 11) is 3.33. The topological polar surface area (TPSA) is 74.3 Å². The second-order valence-electron chi connectivity index (χ2n) is 5.69. The summed E-state index contributed by atoms with van der Waals surface area (Å²) in [4.78, 5) is 29.6. The number of pyridine rings is 1. The first-order chi connectivity index (χ1) is 11.5. The van der Waals surface area contributed by atoms with Crippen LogP contribution in [0.5, 0.6) is 0 Å². The van der Waals surface area contributed by atoms with Crippen molar-refractivity contribution in [3.63, 3.8) is 0 Å². The zero-order valence-corrected chi connectivity index (χ0v) is 14.1. The maximum absolute atomic E-state index is 12.4. The van der Waals surface area contributed by atoms with Crippen molar-refractivity contribution in [3.8, 4) is 0 Å². The number of hydrogen-bond donors (Lipinski definition) is 2. The Labute approximate surface area is 141 Å². The Morgan fingerprint density at radius 3 is 2.54 bits per heavy atom. The lowest BCUT2D eigenvalue weighted by molar-refractivity contribution is 0.0939. The molecule has 6 heteroatoms. The molecule has 2 aromatic rings. The van der Waals surface area contributed by atoms with Crippen molar-refractivity contribution in [2.24, 2.45) is 0 Å². The summed E-state index contributed by atoms with van der Waals surface area (Å²) in [6.07, 6.45) is 1.57. The van der Waals surface area contributed by atoms with Crippen molar-refractivity contribution in [2.75, 3.05) is 14.1 Å². The average Bonchev–Trinajstić information content (AvgIpc) is 2.60. The van der Waals surface area contributed by atoms with Crippen LogP contribution in [0, 0.1) is 0 Å². The van der Waals surface area contributed by atoms with Gasteiger partial charge in [0.2, 0.25) is 0 Å². The molecule has 126 valence electrons. The van der Waals surface area contributed by atoms with Gasteiger partial charge in [-0.1, -0.05) is 30.3 Å². The Balaban J connectivity index is 2.00. The fourth-order valence-electron chi connectivity index (χ4n) is 2.15. The molecular formula is C18H22N4O2. The second kappa shape index (κ2) is 8.10. The van der Waals surface area contributed by atoms with E-state index in [1.165, 1.54) is 4.90 Å². The van der Waals surface area contributed by atoms with Gasteiger partial charge < -0.3 is 15.5 Å². The lowest BCUT2D eigenvalue weighted by Crippen LogP contribution is -2.34. The normalized spacial score (nSPS) is 11.5. The van der Waals surface area contributed by atoms with Gasteiger partial charge in [-0.3, -0.25) is 9.78 Å². The number of rotatable bonds is 5. The highest BCUT2D eigenvalue weighted by molar-refractivity contribution is 5.94. The molecule has 0 bridgehead atoms. The number of amides is 3. The molecule has 0 aliphatic rings. The summed E-state index contributed by atoms with van der Waals surface area (Å²) < 4.78 is 0. The molecule has 2 rings (SSSR count). The maximum atomic E-state index is 12.4. The average molecular weight is 326 g/mol. The number of carbonyl (C=O) groups is 2. The quantitative estimate of drug-likeness (QED) is 0.885. The summed E-state index contributed by atoms with van der Waals surface area (Å²) in [6, 6.07) is 12.8. The van der Waals surface area contributed by atoms with Crippen LogP contribution in [-0.4, -0.2) is 35.9 Å². The van der Waals surface area contributed by atoms with Gasteiger partial charge in [-0.05, 0) is 24.6 Å². The molecule has 0 aliphatic heterocycles. The molecule has 0 spiro atoms.